The zero-order valence-corrected chi connectivity index (χ0v) is 52.7. The fourth-order valence-electron chi connectivity index (χ4n) is 10.7. The van der Waals surface area contributed by atoms with Crippen LogP contribution in [0.4, 0.5) is 25.4 Å². The molecule has 5 amide bonds. The molecule has 2 aromatic carbocycles. The molecule has 0 aliphatic carbocycles. The first-order valence-electron chi connectivity index (χ1n) is 28.1. The van der Waals surface area contributed by atoms with Crippen molar-refractivity contribution in [3.05, 3.63) is 92.8 Å². The van der Waals surface area contributed by atoms with E-state index in [1.807, 2.05) is 26.0 Å². The summed E-state index contributed by atoms with van der Waals surface area (Å²) in [6.07, 6.45) is 1.06. The van der Waals surface area contributed by atoms with E-state index in [0.717, 1.165) is 23.3 Å². The molecule has 2 aromatic rings. The van der Waals surface area contributed by atoms with Crippen LogP contribution in [0.1, 0.15) is 129 Å². The first-order chi connectivity index (χ1) is 39.3. The Morgan fingerprint density at radius 2 is 1.77 bits per heavy atom. The molecule has 2 fully saturated rings. The molecule has 0 unspecified atom stereocenters. The van der Waals surface area contributed by atoms with Gasteiger partial charge in [-0.25, -0.2) is 18.8 Å². The number of fused-ring (bicyclic) bond motifs is 5. The highest BCUT2D eigenvalue weighted by molar-refractivity contribution is 9.09. The van der Waals surface area contributed by atoms with E-state index in [1.54, 1.807) is 66.8 Å². The van der Waals surface area contributed by atoms with Gasteiger partial charge in [0.15, 0.2) is 5.78 Å². The van der Waals surface area contributed by atoms with Crippen molar-refractivity contribution in [1.82, 2.24) is 10.6 Å². The summed E-state index contributed by atoms with van der Waals surface area (Å²) in [4.78, 5) is 108. The molecule has 3 aliphatic heterocycles. The maximum absolute atomic E-state index is 16.2. The number of hydrogen-bond acceptors (Lipinski definition) is 14. The number of halogens is 4. The summed E-state index contributed by atoms with van der Waals surface area (Å²) < 4.78 is 45.6. The predicted octanol–water partition coefficient (Wildman–Crippen LogP) is 9.82. The molecule has 6 N–H and O–H groups in total. The van der Waals surface area contributed by atoms with Crippen LogP contribution in [-0.4, -0.2) is 126 Å². The Labute approximate surface area is 509 Å². The summed E-state index contributed by atoms with van der Waals surface area (Å²) in [5.74, 6) is -5.79. The number of esters is 2. The number of aliphatic hydroxyl groups is 1. The van der Waals surface area contributed by atoms with Crippen molar-refractivity contribution in [1.29, 1.82) is 0 Å². The molecule has 23 heteroatoms. The van der Waals surface area contributed by atoms with Crippen molar-refractivity contribution in [3.63, 3.8) is 0 Å². The molecule has 3 aliphatic rings. The van der Waals surface area contributed by atoms with Gasteiger partial charge in [-0.3, -0.25) is 29.3 Å². The average Bonchev–Trinajstić information content (AvgIpc) is 1.75. The molecule has 462 valence electrons. The van der Waals surface area contributed by atoms with Crippen molar-refractivity contribution in [2.45, 2.75) is 180 Å². The Kier molecular flexibility index (Phi) is 24.7. The van der Waals surface area contributed by atoms with E-state index in [2.05, 4.69) is 38.5 Å². The number of benzene rings is 2. The molecule has 5 rings (SSSR count). The monoisotopic (exact) mass is 1280 g/mol. The van der Waals surface area contributed by atoms with Crippen LogP contribution in [0.5, 0.6) is 0 Å². The third-order valence-corrected chi connectivity index (χ3v) is 17.2. The van der Waals surface area contributed by atoms with Crippen LogP contribution in [0.3, 0.4) is 0 Å². The quantitative estimate of drug-likeness (QED) is 0.0173. The number of aryl methyl sites for hydroxylation is 1. The lowest BCUT2D eigenvalue weighted by Gasteiger charge is -2.41. The van der Waals surface area contributed by atoms with Gasteiger partial charge in [0.25, 0.3) is 0 Å². The topological polar surface area (TPSA) is 272 Å². The number of unbranched alkanes of at least 4 members (excludes halogenated alkanes) is 1. The highest BCUT2D eigenvalue weighted by Crippen LogP contribution is 2.50. The summed E-state index contributed by atoms with van der Waals surface area (Å²) in [7, 11) is 2.98. The van der Waals surface area contributed by atoms with E-state index < -0.39 is 119 Å². The normalized spacial score (nSPS) is 24.5. The Morgan fingerprint density at radius 3 is 2.43 bits per heavy atom. The first kappa shape index (κ1) is 69.1. The third-order valence-electron chi connectivity index (χ3n) is 15.8. The number of Topliss-reactive ketones (excluding diaryl/α,β-unsaturated/α-hetero) is 2. The minimum atomic E-state index is -1.67. The van der Waals surface area contributed by atoms with Gasteiger partial charge in [-0.15, -0.1) is 0 Å². The molecule has 0 radical (unpaired) electrons. The van der Waals surface area contributed by atoms with Crippen LogP contribution >= 0.6 is 39.1 Å². The van der Waals surface area contributed by atoms with Crippen LogP contribution < -0.4 is 26.6 Å². The van der Waals surface area contributed by atoms with Gasteiger partial charge in [-0.1, -0.05) is 96.3 Å². The molecule has 0 aromatic heterocycles. The van der Waals surface area contributed by atoms with Crippen molar-refractivity contribution in [3.8, 4) is 0 Å². The Balaban J connectivity index is 1.34. The van der Waals surface area contributed by atoms with Gasteiger partial charge in [-0.05, 0) is 114 Å². The molecule has 19 nitrogen and oxygen atoms in total. The average molecular weight is 1280 g/mol. The Bertz CT molecular complexity index is 2880. The largest absolute Gasteiger partial charge is 0.462 e. The van der Waals surface area contributed by atoms with Crippen LogP contribution in [-0.2, 0) is 65.3 Å². The summed E-state index contributed by atoms with van der Waals surface area (Å²) in [6.45, 7) is 18.0. The number of primary amides is 1. The number of nitrogens with zero attached hydrogens (tertiary/aromatic N) is 1. The highest BCUT2D eigenvalue weighted by Gasteiger charge is 2.64. The molecule has 2 saturated heterocycles. The number of urea groups is 1. The summed E-state index contributed by atoms with van der Waals surface area (Å²) in [5, 5.41) is 20.1. The zero-order chi connectivity index (χ0) is 62.6. The van der Waals surface area contributed by atoms with Gasteiger partial charge in [0.05, 0.1) is 46.4 Å². The molecular weight excluding hydrogens is 1200 g/mol. The number of allylic oxidation sites excluding steroid dienone is 3. The second-order valence-electron chi connectivity index (χ2n) is 23.5. The molecule has 84 heavy (non-hydrogen) atoms. The number of hydrogen-bond donors (Lipinski definition) is 5. The van der Waals surface area contributed by atoms with E-state index in [9.17, 15) is 43.5 Å². The number of nitrogens with one attached hydrogen (secondary N) is 3. The van der Waals surface area contributed by atoms with E-state index in [0.29, 0.717) is 42.0 Å². The van der Waals surface area contributed by atoms with E-state index in [4.69, 9.17) is 52.6 Å². The van der Waals surface area contributed by atoms with Crippen LogP contribution in [0, 0.1) is 30.5 Å². The van der Waals surface area contributed by atoms with Crippen LogP contribution in [0.2, 0.25) is 10.0 Å². The third kappa shape index (κ3) is 18.9. The minimum Gasteiger partial charge on any atom is -0.462 e. The Morgan fingerprint density at radius 1 is 1.07 bits per heavy atom. The maximum atomic E-state index is 16.2. The van der Waals surface area contributed by atoms with Gasteiger partial charge in [0.2, 0.25) is 11.8 Å². The number of carbonyl (C=O) groups is 8. The van der Waals surface area contributed by atoms with Crippen LogP contribution in [0.15, 0.2) is 60.2 Å². The van der Waals surface area contributed by atoms with Crippen LogP contribution in [0.25, 0.3) is 0 Å². The maximum Gasteiger partial charge on any atom is 0.412 e. The van der Waals surface area contributed by atoms with Gasteiger partial charge in [0.1, 0.15) is 46.7 Å². The number of carbonyl (C=O) groups excluding carboxylic acids is 8. The lowest BCUT2D eigenvalue weighted by molar-refractivity contribution is -0.187. The first-order valence-corrected chi connectivity index (χ1v) is 30.0. The predicted molar refractivity (Wildman–Crippen MR) is 320 cm³/mol. The SMILES string of the molecule is C=C(CBr)C(=O)OC(C)(C)CCCCC(=O)C[C@H](C(=O)N[C@@H](CCCNC(N)=O)C(=O)Cc1cc(Cl)c(NC(=O)O[C@H]2CC(=O)N(C)c3cc(cc(C)c3Cl)C/C(C)=C/C=C/[C@@H](OC)[C@]3(O)CC(=O)O[C@@H](C3)[C@@H](C)[C@@H]3O[C@@]23C)cc1F)C(C)C. The molecule has 3 heterocycles. The fraction of sp³-hybridized carbons (Fsp3) is 0.574. The number of amides is 5. The summed E-state index contributed by atoms with van der Waals surface area (Å²) in [6, 6.07) is 3.74. The highest BCUT2D eigenvalue weighted by atomic mass is 79.9. The number of anilines is 2. The van der Waals surface area contributed by atoms with Crippen molar-refractivity contribution in [2.24, 2.45) is 23.5 Å². The molecule has 0 saturated carbocycles. The molecule has 9 atom stereocenters. The van der Waals surface area contributed by atoms with E-state index >= 15 is 4.39 Å². The van der Waals surface area contributed by atoms with Crippen molar-refractivity contribution in [2.75, 3.05) is 36.2 Å². The molecule has 0 spiro atoms. The number of nitrogens with two attached hydrogens (primary N) is 1. The Hall–Kier alpha value is -5.71. The summed E-state index contributed by atoms with van der Waals surface area (Å²) >= 11 is 16.7. The number of alkyl halides is 1. The fourth-order valence-corrected chi connectivity index (χ4v) is 11.4. The minimum absolute atomic E-state index is 0.00573. The van der Waals surface area contributed by atoms with Gasteiger partial charge >= 0.3 is 24.1 Å². The number of ether oxygens (including phenoxy) is 5. The number of methoxy groups -OCH3 is 1. The summed E-state index contributed by atoms with van der Waals surface area (Å²) in [5.41, 5.74) is 4.12. The molecular formula is C61H81BrCl2FN5O14. The van der Waals surface area contributed by atoms with Gasteiger partial charge < -0.3 is 50.1 Å². The second kappa shape index (κ2) is 30.1. The number of epoxide rings is 1. The smallest absolute Gasteiger partial charge is 0.412 e. The second-order valence-corrected chi connectivity index (χ2v) is 24.8. The lowest BCUT2D eigenvalue weighted by atomic mass is 9.78. The molecule has 4 bridgehead atoms. The van der Waals surface area contributed by atoms with E-state index in [-0.39, 0.29) is 83.9 Å². The van der Waals surface area contributed by atoms with Crippen molar-refractivity contribution < 1.29 is 71.5 Å². The zero-order valence-electron chi connectivity index (χ0n) is 49.6. The van der Waals surface area contributed by atoms with Crippen molar-refractivity contribution >= 4 is 98.0 Å². The van der Waals surface area contributed by atoms with E-state index in [1.165, 1.54) is 12.0 Å². The standard InChI is InChI=1S/C61H81BrCl2FN5O14/c1-33(2)41(27-40(71)17-12-13-20-59(7,8)84-56(76)36(5)32-62)55(75)68-44(18-15-21-67-57(66)77)47(72)26-39-25-42(63)45(28-43(39)65)69-58(78)82-50-29-51(73)70(10)46-24-38(23-35(4)53(46)64)22-34(3)16-14-19-49(80-11)61(79)30-48(81-52(74)31-61)37(6)54-60(50,9)83-54/h14,16,19,23-25,28,33,37,41,44,48-50,54,79H,5,12-13,15,17-18,20-22,26-27,29-32H2,1-4,6-11H3,(H,68,75)(H,69,78)(H3,66,67,77)/b19-14+,34-16+/t37-,41+,44+,48+,49-,50+,54+,60+,61-/m1/s1. The van der Waals surface area contributed by atoms with Gasteiger partial charge in [-0.2, -0.15) is 0 Å². The number of ketones is 2. The van der Waals surface area contributed by atoms with Gasteiger partial charge in [0, 0.05) is 69.1 Å². The lowest BCUT2D eigenvalue weighted by Crippen LogP contribution is -2.53. The number of rotatable bonds is 23.